The van der Waals surface area contributed by atoms with Crippen LogP contribution in [0.3, 0.4) is 0 Å². The van der Waals surface area contributed by atoms with E-state index >= 15 is 0 Å². The Hall–Kier alpha value is -4.07. The molecule has 0 saturated carbocycles. The molecule has 8 heteroatoms. The van der Waals surface area contributed by atoms with Crippen LogP contribution in [0.5, 0.6) is 5.75 Å². The smallest absolute Gasteiger partial charge is 0.295 e. The van der Waals surface area contributed by atoms with Crippen LogP contribution in [-0.4, -0.2) is 38.8 Å². The zero-order valence-electron chi connectivity index (χ0n) is 16.5. The minimum atomic E-state index is -0.867. The number of ketones is 1. The Bertz CT molecular complexity index is 1170. The van der Waals surface area contributed by atoms with E-state index in [1.807, 2.05) is 0 Å². The number of ether oxygens (including phenoxy) is 1. The topological polar surface area (TPSA) is 92.6 Å². The van der Waals surface area contributed by atoms with E-state index in [1.165, 1.54) is 36.5 Å². The van der Waals surface area contributed by atoms with Crippen LogP contribution in [0.2, 0.25) is 0 Å². The Labute approximate surface area is 177 Å². The number of carbonyl (C=O) groups excluding carboxylic acids is 2. The van der Waals surface area contributed by atoms with Crippen molar-refractivity contribution in [3.63, 3.8) is 0 Å². The second-order valence-electron chi connectivity index (χ2n) is 6.92. The Morgan fingerprint density at radius 2 is 1.90 bits per heavy atom. The Morgan fingerprint density at radius 3 is 2.55 bits per heavy atom. The zero-order valence-corrected chi connectivity index (χ0v) is 16.5. The number of likely N-dealkylation sites (tertiary alicyclic amines) is 1. The molecule has 1 fully saturated rings. The normalized spacial score (nSPS) is 17.7. The second-order valence-corrected chi connectivity index (χ2v) is 6.92. The number of hydrogen-bond donors (Lipinski definition) is 1. The number of hydrogen-bond acceptors (Lipinski definition) is 6. The first-order valence-electron chi connectivity index (χ1n) is 9.42. The Kier molecular flexibility index (Phi) is 5.44. The monoisotopic (exact) mass is 419 g/mol. The predicted octanol–water partition coefficient (Wildman–Crippen LogP) is 3.25. The fraction of sp³-hybridized carbons (Fsp3) is 0.130. The molecule has 3 heterocycles. The molecule has 0 aliphatic carbocycles. The van der Waals surface area contributed by atoms with Crippen molar-refractivity contribution in [2.75, 3.05) is 7.11 Å². The summed E-state index contributed by atoms with van der Waals surface area (Å²) < 4.78 is 19.1. The molecule has 1 aliphatic heterocycles. The summed E-state index contributed by atoms with van der Waals surface area (Å²) in [6.45, 7) is 0.110. The maximum Gasteiger partial charge on any atom is 0.295 e. The molecule has 0 spiro atoms. The van der Waals surface area contributed by atoms with Crippen LogP contribution in [-0.2, 0) is 16.1 Å². The van der Waals surface area contributed by atoms with Gasteiger partial charge < -0.3 is 14.7 Å². The van der Waals surface area contributed by atoms with Crippen molar-refractivity contribution in [1.29, 1.82) is 0 Å². The molecule has 2 aromatic heterocycles. The van der Waals surface area contributed by atoms with E-state index < -0.39 is 29.3 Å². The second kappa shape index (κ2) is 8.35. The number of nitrogens with zero attached hydrogens (tertiary/aromatic N) is 3. The van der Waals surface area contributed by atoms with Gasteiger partial charge in [-0.1, -0.05) is 6.07 Å². The van der Waals surface area contributed by atoms with Crippen molar-refractivity contribution in [1.82, 2.24) is 14.9 Å². The van der Waals surface area contributed by atoms with Gasteiger partial charge in [-0.25, -0.2) is 4.39 Å². The van der Waals surface area contributed by atoms with Gasteiger partial charge in [0.05, 0.1) is 18.7 Å². The zero-order chi connectivity index (χ0) is 22.0. The molecule has 1 aromatic carbocycles. The lowest BCUT2D eigenvalue weighted by atomic mass is 9.95. The minimum Gasteiger partial charge on any atom is -0.507 e. The lowest BCUT2D eigenvalue weighted by molar-refractivity contribution is -0.140. The number of rotatable bonds is 5. The lowest BCUT2D eigenvalue weighted by Crippen LogP contribution is -2.29. The molecule has 1 atom stereocenters. The van der Waals surface area contributed by atoms with Gasteiger partial charge in [0, 0.05) is 36.9 Å². The number of Topliss-reactive ketones (excluding diaryl/α,β-unsaturated/α-hetero) is 1. The van der Waals surface area contributed by atoms with Gasteiger partial charge in [0.2, 0.25) is 0 Å². The molecule has 7 nitrogen and oxygen atoms in total. The highest BCUT2D eigenvalue weighted by Crippen LogP contribution is 2.40. The molecule has 1 amide bonds. The Morgan fingerprint density at radius 1 is 1.13 bits per heavy atom. The van der Waals surface area contributed by atoms with Crippen LogP contribution >= 0.6 is 0 Å². The standard InChI is InChI=1S/C23H18FN3O4/c1-31-18-5-4-16(11-17(18)24)21(28)19-20(15-6-9-25-10-7-15)27(23(30)22(19)29)13-14-3-2-8-26-12-14/h2-12,20,28H,13H2,1H3/b21-19+. The van der Waals surface area contributed by atoms with E-state index in [-0.39, 0.29) is 23.4 Å². The number of pyridine rings is 2. The van der Waals surface area contributed by atoms with E-state index in [2.05, 4.69) is 9.97 Å². The summed E-state index contributed by atoms with van der Waals surface area (Å²) in [6, 6.07) is 9.80. The lowest BCUT2D eigenvalue weighted by Gasteiger charge is -2.25. The van der Waals surface area contributed by atoms with Gasteiger partial charge in [-0.15, -0.1) is 0 Å². The number of benzene rings is 1. The van der Waals surface area contributed by atoms with Crippen LogP contribution in [0.15, 0.2) is 72.8 Å². The first-order chi connectivity index (χ1) is 15.0. The van der Waals surface area contributed by atoms with E-state index in [9.17, 15) is 19.1 Å². The number of aliphatic hydroxyl groups is 1. The number of carbonyl (C=O) groups is 2. The molecule has 156 valence electrons. The molecular formula is C23H18FN3O4. The number of amides is 1. The summed E-state index contributed by atoms with van der Waals surface area (Å²) in [7, 11) is 1.32. The maximum atomic E-state index is 14.2. The SMILES string of the molecule is COc1ccc(/C(O)=C2\C(=O)C(=O)N(Cc3cccnc3)C2c2ccncc2)cc1F. The van der Waals surface area contributed by atoms with Crippen molar-refractivity contribution in [2.45, 2.75) is 12.6 Å². The van der Waals surface area contributed by atoms with E-state index in [0.717, 1.165) is 11.6 Å². The van der Waals surface area contributed by atoms with Crippen molar-refractivity contribution < 1.29 is 23.8 Å². The minimum absolute atomic E-state index is 0.000683. The third kappa shape index (κ3) is 3.75. The molecular weight excluding hydrogens is 401 g/mol. The first kappa shape index (κ1) is 20.2. The molecule has 31 heavy (non-hydrogen) atoms. The van der Waals surface area contributed by atoms with Crippen LogP contribution in [0.25, 0.3) is 5.76 Å². The summed E-state index contributed by atoms with van der Waals surface area (Å²) in [4.78, 5) is 35.3. The van der Waals surface area contributed by atoms with Crippen LogP contribution < -0.4 is 4.74 Å². The van der Waals surface area contributed by atoms with Crippen LogP contribution in [0.1, 0.15) is 22.7 Å². The molecule has 3 aromatic rings. The quantitative estimate of drug-likeness (QED) is 0.388. The van der Waals surface area contributed by atoms with Gasteiger partial charge in [0.15, 0.2) is 11.6 Å². The highest BCUT2D eigenvalue weighted by atomic mass is 19.1. The van der Waals surface area contributed by atoms with E-state index in [0.29, 0.717) is 5.56 Å². The summed E-state index contributed by atoms with van der Waals surface area (Å²) in [5.74, 6) is -2.77. The van der Waals surface area contributed by atoms with Crippen molar-refractivity contribution >= 4 is 17.4 Å². The summed E-state index contributed by atoms with van der Waals surface area (Å²) in [5, 5.41) is 11.0. The number of methoxy groups -OCH3 is 1. The fourth-order valence-electron chi connectivity index (χ4n) is 3.59. The molecule has 1 N–H and O–H groups in total. The van der Waals surface area contributed by atoms with Gasteiger partial charge in [-0.2, -0.15) is 0 Å². The summed E-state index contributed by atoms with van der Waals surface area (Å²) in [5.41, 5.74) is 1.26. The molecule has 1 saturated heterocycles. The van der Waals surface area contributed by atoms with Crippen LogP contribution in [0.4, 0.5) is 4.39 Å². The van der Waals surface area contributed by atoms with Gasteiger partial charge in [-0.3, -0.25) is 19.6 Å². The van der Waals surface area contributed by atoms with Crippen molar-refractivity contribution in [2.24, 2.45) is 0 Å². The third-order valence-corrected chi connectivity index (χ3v) is 5.06. The Balaban J connectivity index is 1.85. The summed E-state index contributed by atoms with van der Waals surface area (Å²) >= 11 is 0. The predicted molar refractivity (Wildman–Crippen MR) is 109 cm³/mol. The molecule has 1 unspecified atom stereocenters. The van der Waals surface area contributed by atoms with Gasteiger partial charge in [0.1, 0.15) is 5.76 Å². The van der Waals surface area contributed by atoms with Gasteiger partial charge in [0.25, 0.3) is 11.7 Å². The highest BCUT2D eigenvalue weighted by molar-refractivity contribution is 6.46. The van der Waals surface area contributed by atoms with Crippen molar-refractivity contribution in [3.05, 3.63) is 95.3 Å². The first-order valence-corrected chi connectivity index (χ1v) is 9.42. The van der Waals surface area contributed by atoms with Gasteiger partial charge in [-0.05, 0) is 47.5 Å². The maximum absolute atomic E-state index is 14.2. The fourth-order valence-corrected chi connectivity index (χ4v) is 3.59. The average molecular weight is 419 g/mol. The molecule has 4 rings (SSSR count). The van der Waals surface area contributed by atoms with Gasteiger partial charge >= 0.3 is 0 Å². The number of aromatic nitrogens is 2. The molecule has 0 bridgehead atoms. The van der Waals surface area contributed by atoms with Crippen molar-refractivity contribution in [3.8, 4) is 5.75 Å². The number of aliphatic hydroxyl groups excluding tert-OH is 1. The molecule has 0 radical (unpaired) electrons. The largest absolute Gasteiger partial charge is 0.507 e. The van der Waals surface area contributed by atoms with E-state index in [4.69, 9.17) is 4.74 Å². The third-order valence-electron chi connectivity index (χ3n) is 5.06. The number of halogens is 1. The highest BCUT2D eigenvalue weighted by Gasteiger charge is 2.46. The van der Waals surface area contributed by atoms with Crippen LogP contribution in [0, 0.1) is 5.82 Å². The van der Waals surface area contributed by atoms with E-state index in [1.54, 1.807) is 36.7 Å². The average Bonchev–Trinajstić information content (AvgIpc) is 3.04. The molecule has 1 aliphatic rings. The summed E-state index contributed by atoms with van der Waals surface area (Å²) in [6.07, 6.45) is 6.27.